The second kappa shape index (κ2) is 3.93. The van der Waals surface area contributed by atoms with Crippen LogP contribution in [0.4, 0.5) is 0 Å². The third-order valence-electron chi connectivity index (χ3n) is 3.18. The molecule has 1 aliphatic heterocycles. The van der Waals surface area contributed by atoms with Gasteiger partial charge in [0.25, 0.3) is 0 Å². The second-order valence-corrected chi connectivity index (χ2v) is 4.49. The normalized spacial score (nSPS) is 16.9. The first-order chi connectivity index (χ1) is 8.75. The average molecular weight is 240 g/mol. The van der Waals surface area contributed by atoms with Crippen LogP contribution in [0.5, 0.6) is 0 Å². The Kier molecular flexibility index (Phi) is 2.39. The van der Waals surface area contributed by atoms with Gasteiger partial charge < -0.3 is 9.72 Å². The third kappa shape index (κ3) is 1.50. The number of aryl methyl sites for hydroxylation is 1. The summed E-state index contributed by atoms with van der Waals surface area (Å²) < 4.78 is 5.14. The maximum absolute atomic E-state index is 9.26. The summed E-state index contributed by atoms with van der Waals surface area (Å²) >= 11 is 0. The van der Waals surface area contributed by atoms with Crippen LogP contribution in [0.2, 0.25) is 0 Å². The number of ether oxygens (including phenoxy) is 1. The van der Waals surface area contributed by atoms with Gasteiger partial charge in [-0.1, -0.05) is 0 Å². The van der Waals surface area contributed by atoms with Gasteiger partial charge in [0, 0.05) is 23.7 Å². The van der Waals surface area contributed by atoms with Crippen molar-refractivity contribution in [3.8, 4) is 17.3 Å². The smallest absolute Gasteiger partial charge is 0.161 e. The summed E-state index contributed by atoms with van der Waals surface area (Å²) in [6.45, 7) is 2.76. The molecule has 0 spiro atoms. The fourth-order valence-corrected chi connectivity index (χ4v) is 2.03. The second-order valence-electron chi connectivity index (χ2n) is 4.49. The molecular weight excluding hydrogens is 228 g/mol. The summed E-state index contributed by atoms with van der Waals surface area (Å²) in [6, 6.07) is 6.11. The number of rotatable bonds is 2. The zero-order valence-electron chi connectivity index (χ0n) is 9.97. The molecule has 1 fully saturated rings. The van der Waals surface area contributed by atoms with E-state index in [0.29, 0.717) is 19.0 Å². The first-order valence-electron chi connectivity index (χ1n) is 5.72. The minimum Gasteiger partial charge on any atom is -0.377 e. The summed E-state index contributed by atoms with van der Waals surface area (Å²) in [5, 5.41) is 9.26. The molecule has 1 saturated heterocycles. The van der Waals surface area contributed by atoms with E-state index < -0.39 is 5.41 Å². The summed E-state index contributed by atoms with van der Waals surface area (Å²) in [5.41, 5.74) is 2.13. The highest BCUT2D eigenvalue weighted by molar-refractivity contribution is 5.61. The number of aromatic amines is 1. The third-order valence-corrected chi connectivity index (χ3v) is 3.18. The first-order valence-corrected chi connectivity index (χ1v) is 5.72. The van der Waals surface area contributed by atoms with E-state index in [1.165, 1.54) is 0 Å². The number of aromatic nitrogens is 3. The van der Waals surface area contributed by atoms with E-state index in [-0.39, 0.29) is 0 Å². The Bertz CT molecular complexity index is 608. The van der Waals surface area contributed by atoms with E-state index >= 15 is 0 Å². The minimum atomic E-state index is -0.606. The van der Waals surface area contributed by atoms with Gasteiger partial charge in [0.05, 0.1) is 25.0 Å². The highest BCUT2D eigenvalue weighted by atomic mass is 16.5. The summed E-state index contributed by atoms with van der Waals surface area (Å²) in [4.78, 5) is 11.8. The predicted molar refractivity (Wildman–Crippen MR) is 64.7 cm³/mol. The fraction of sp³-hybridized carbons (Fsp3) is 0.308. The number of hydrogen-bond donors (Lipinski definition) is 1. The van der Waals surface area contributed by atoms with Gasteiger partial charge in [-0.05, 0) is 19.1 Å². The Hall–Kier alpha value is -2.19. The lowest BCUT2D eigenvalue weighted by Gasteiger charge is -2.32. The standard InChI is InChI=1S/C13H12N4O/c1-9-11(10-3-2-4-15-5-10)17-12(16-9)13(6-14)7-18-8-13/h2-5H,7-8H2,1H3,(H,16,17). The maximum Gasteiger partial charge on any atom is 0.161 e. The topological polar surface area (TPSA) is 74.6 Å². The fourth-order valence-electron chi connectivity index (χ4n) is 2.03. The molecule has 1 N–H and O–H groups in total. The van der Waals surface area contributed by atoms with Crippen LogP contribution in [-0.4, -0.2) is 28.2 Å². The summed E-state index contributed by atoms with van der Waals surface area (Å²) in [6.07, 6.45) is 3.49. The van der Waals surface area contributed by atoms with Gasteiger partial charge in [0.1, 0.15) is 5.82 Å². The quantitative estimate of drug-likeness (QED) is 0.864. The first kappa shape index (κ1) is 10.9. The number of hydrogen-bond acceptors (Lipinski definition) is 4. The lowest BCUT2D eigenvalue weighted by molar-refractivity contribution is -0.0335. The van der Waals surface area contributed by atoms with E-state index in [1.807, 2.05) is 19.1 Å². The van der Waals surface area contributed by atoms with Crippen molar-refractivity contribution in [3.63, 3.8) is 0 Å². The van der Waals surface area contributed by atoms with E-state index in [9.17, 15) is 5.26 Å². The molecule has 3 heterocycles. The molecule has 0 saturated carbocycles. The van der Waals surface area contributed by atoms with Gasteiger partial charge in [-0.3, -0.25) is 4.98 Å². The van der Waals surface area contributed by atoms with Gasteiger partial charge >= 0.3 is 0 Å². The molecule has 0 amide bonds. The maximum atomic E-state index is 9.26. The predicted octanol–water partition coefficient (Wildman–Crippen LogP) is 1.57. The molecule has 2 aromatic rings. The van der Waals surface area contributed by atoms with Crippen LogP contribution in [0.1, 0.15) is 11.5 Å². The van der Waals surface area contributed by atoms with Crippen LogP contribution in [0.15, 0.2) is 24.5 Å². The molecular formula is C13H12N4O. The number of imidazole rings is 1. The summed E-state index contributed by atoms with van der Waals surface area (Å²) in [7, 11) is 0. The molecule has 90 valence electrons. The lowest BCUT2D eigenvalue weighted by Crippen LogP contribution is -2.46. The Morgan fingerprint density at radius 2 is 2.33 bits per heavy atom. The van der Waals surface area contributed by atoms with Crippen molar-refractivity contribution in [2.75, 3.05) is 13.2 Å². The Balaban J connectivity index is 2.05. The number of nitrogens with one attached hydrogen (secondary N) is 1. The van der Waals surface area contributed by atoms with Gasteiger partial charge in [0.15, 0.2) is 5.41 Å². The largest absolute Gasteiger partial charge is 0.377 e. The van der Waals surface area contributed by atoms with E-state index in [0.717, 1.165) is 17.0 Å². The van der Waals surface area contributed by atoms with E-state index in [1.54, 1.807) is 12.4 Å². The molecule has 0 aromatic carbocycles. The lowest BCUT2D eigenvalue weighted by atomic mass is 9.87. The highest BCUT2D eigenvalue weighted by Crippen LogP contribution is 2.32. The number of nitriles is 1. The van der Waals surface area contributed by atoms with Crippen LogP contribution in [0, 0.1) is 18.3 Å². The van der Waals surface area contributed by atoms with Crippen molar-refractivity contribution in [2.45, 2.75) is 12.3 Å². The Labute approximate surface area is 104 Å². The monoisotopic (exact) mass is 240 g/mol. The zero-order chi connectivity index (χ0) is 12.6. The molecule has 0 aliphatic carbocycles. The van der Waals surface area contributed by atoms with Crippen LogP contribution < -0.4 is 0 Å². The van der Waals surface area contributed by atoms with Crippen molar-refractivity contribution < 1.29 is 4.74 Å². The van der Waals surface area contributed by atoms with Crippen LogP contribution in [0.25, 0.3) is 11.3 Å². The minimum absolute atomic E-state index is 0.406. The van der Waals surface area contributed by atoms with Crippen molar-refractivity contribution in [3.05, 3.63) is 36.0 Å². The van der Waals surface area contributed by atoms with Gasteiger partial charge in [-0.2, -0.15) is 5.26 Å². The molecule has 18 heavy (non-hydrogen) atoms. The number of H-pyrrole nitrogens is 1. The van der Waals surface area contributed by atoms with Crippen LogP contribution >= 0.6 is 0 Å². The van der Waals surface area contributed by atoms with Crippen LogP contribution in [-0.2, 0) is 10.2 Å². The molecule has 0 bridgehead atoms. The van der Waals surface area contributed by atoms with Crippen molar-refractivity contribution in [1.82, 2.24) is 15.0 Å². The van der Waals surface area contributed by atoms with Crippen molar-refractivity contribution >= 4 is 0 Å². The molecule has 5 heteroatoms. The number of nitrogens with zero attached hydrogens (tertiary/aromatic N) is 3. The molecule has 0 radical (unpaired) electrons. The molecule has 0 atom stereocenters. The molecule has 1 aliphatic rings. The SMILES string of the molecule is Cc1[nH]c(C2(C#N)COC2)nc1-c1cccnc1. The zero-order valence-corrected chi connectivity index (χ0v) is 9.97. The van der Waals surface area contributed by atoms with E-state index in [4.69, 9.17) is 4.74 Å². The van der Waals surface area contributed by atoms with Crippen molar-refractivity contribution in [2.24, 2.45) is 0 Å². The highest BCUT2D eigenvalue weighted by Gasteiger charge is 2.44. The summed E-state index contributed by atoms with van der Waals surface area (Å²) in [5.74, 6) is 0.688. The average Bonchev–Trinajstić information content (AvgIpc) is 2.72. The molecule has 5 nitrogen and oxygen atoms in total. The van der Waals surface area contributed by atoms with Crippen LogP contribution in [0.3, 0.4) is 0 Å². The van der Waals surface area contributed by atoms with Gasteiger partial charge in [0.2, 0.25) is 0 Å². The van der Waals surface area contributed by atoms with E-state index in [2.05, 4.69) is 21.0 Å². The van der Waals surface area contributed by atoms with Gasteiger partial charge in [-0.25, -0.2) is 4.98 Å². The van der Waals surface area contributed by atoms with Crippen molar-refractivity contribution in [1.29, 1.82) is 5.26 Å². The van der Waals surface area contributed by atoms with Gasteiger partial charge in [-0.15, -0.1) is 0 Å². The Morgan fingerprint density at radius 3 is 2.89 bits per heavy atom. The molecule has 2 aromatic heterocycles. The molecule has 0 unspecified atom stereocenters. The Morgan fingerprint density at radius 1 is 1.50 bits per heavy atom. The number of pyridine rings is 1. The molecule has 3 rings (SSSR count).